The molecule has 5 heteroatoms. The van der Waals surface area contributed by atoms with Crippen LogP contribution >= 0.6 is 11.8 Å². The molecular weight excluding hydrogens is 236 g/mol. The first-order valence-corrected chi connectivity index (χ1v) is 7.61. The first-order valence-electron chi connectivity index (χ1n) is 6.56. The topological polar surface area (TPSA) is 64.4 Å². The van der Waals surface area contributed by atoms with E-state index in [1.54, 1.807) is 0 Å². The summed E-state index contributed by atoms with van der Waals surface area (Å²) in [6, 6.07) is 0.526. The number of rotatable bonds is 2. The van der Waals surface area contributed by atoms with Gasteiger partial charge in [-0.15, -0.1) is 0 Å². The summed E-state index contributed by atoms with van der Waals surface area (Å²) >= 11 is 1.91. The monoisotopic (exact) mass is 256 g/mol. The molecule has 1 saturated carbocycles. The standard InChI is InChI=1S/C12H20N2O2S/c13-11(15)16-12(10-7-17-10)5-6-14-9-4-2-1-3-8(9)12/h8-10,14H,1-7H2,(H2,13,15)/t8-,9-,10?,12?/m1/s1. The third kappa shape index (κ3) is 2.03. The van der Waals surface area contributed by atoms with Crippen molar-refractivity contribution in [3.8, 4) is 0 Å². The zero-order valence-corrected chi connectivity index (χ0v) is 10.8. The second-order valence-electron chi connectivity index (χ2n) is 5.40. The van der Waals surface area contributed by atoms with E-state index in [-0.39, 0.29) is 5.60 Å². The quantitative estimate of drug-likeness (QED) is 0.735. The van der Waals surface area contributed by atoms with E-state index >= 15 is 0 Å². The molecule has 0 aromatic carbocycles. The summed E-state index contributed by atoms with van der Waals surface area (Å²) in [7, 11) is 0. The fourth-order valence-corrected chi connectivity index (χ4v) is 4.71. The summed E-state index contributed by atoms with van der Waals surface area (Å²) in [5, 5.41) is 4.08. The number of primary amides is 1. The number of hydrogen-bond acceptors (Lipinski definition) is 4. The van der Waals surface area contributed by atoms with Gasteiger partial charge in [0.05, 0.1) is 5.25 Å². The molecule has 0 spiro atoms. The Morgan fingerprint density at radius 2 is 2.18 bits per heavy atom. The number of carbonyl (C=O) groups is 1. The molecule has 4 nitrogen and oxygen atoms in total. The van der Waals surface area contributed by atoms with E-state index in [1.807, 2.05) is 11.8 Å². The molecule has 2 aliphatic heterocycles. The number of nitrogens with one attached hydrogen (secondary N) is 1. The molecule has 0 aromatic heterocycles. The van der Waals surface area contributed by atoms with Gasteiger partial charge in [-0.1, -0.05) is 12.8 Å². The van der Waals surface area contributed by atoms with Crippen LogP contribution in [0.5, 0.6) is 0 Å². The fourth-order valence-electron chi connectivity index (χ4n) is 3.71. The van der Waals surface area contributed by atoms with Gasteiger partial charge < -0.3 is 15.8 Å². The average molecular weight is 256 g/mol. The van der Waals surface area contributed by atoms with Crippen LogP contribution in [-0.4, -0.2) is 35.3 Å². The van der Waals surface area contributed by atoms with Crippen molar-refractivity contribution >= 4 is 17.9 Å². The Hall–Kier alpha value is -0.420. The van der Waals surface area contributed by atoms with Crippen molar-refractivity contribution in [1.29, 1.82) is 0 Å². The Bertz CT molecular complexity index is 320. The second-order valence-corrected chi connectivity index (χ2v) is 6.64. The highest BCUT2D eigenvalue weighted by Gasteiger charge is 2.57. The normalized spacial score (nSPS) is 44.8. The maximum Gasteiger partial charge on any atom is 0.405 e. The van der Waals surface area contributed by atoms with E-state index in [1.165, 1.54) is 25.7 Å². The van der Waals surface area contributed by atoms with Gasteiger partial charge in [0.25, 0.3) is 0 Å². The van der Waals surface area contributed by atoms with Crippen LogP contribution in [0.25, 0.3) is 0 Å². The first kappa shape index (κ1) is 11.7. The first-order chi connectivity index (χ1) is 8.22. The number of ether oxygens (including phenoxy) is 1. The zero-order valence-electron chi connectivity index (χ0n) is 9.98. The predicted octanol–water partition coefficient (Wildman–Crippen LogP) is 1.49. The van der Waals surface area contributed by atoms with Gasteiger partial charge in [-0.3, -0.25) is 0 Å². The Balaban J connectivity index is 1.86. The molecule has 1 aliphatic carbocycles. The molecule has 4 atom stereocenters. The lowest BCUT2D eigenvalue weighted by Crippen LogP contribution is -2.61. The summed E-state index contributed by atoms with van der Waals surface area (Å²) in [4.78, 5) is 11.2. The molecule has 0 radical (unpaired) electrons. The van der Waals surface area contributed by atoms with Crippen molar-refractivity contribution in [3.63, 3.8) is 0 Å². The molecule has 3 rings (SSSR count). The summed E-state index contributed by atoms with van der Waals surface area (Å²) in [5.41, 5.74) is 5.03. The molecule has 2 heterocycles. The van der Waals surface area contributed by atoms with Crippen molar-refractivity contribution in [2.24, 2.45) is 11.7 Å². The van der Waals surface area contributed by atoms with Gasteiger partial charge >= 0.3 is 6.09 Å². The Morgan fingerprint density at radius 3 is 2.88 bits per heavy atom. The van der Waals surface area contributed by atoms with Crippen molar-refractivity contribution in [1.82, 2.24) is 5.32 Å². The van der Waals surface area contributed by atoms with E-state index in [2.05, 4.69) is 5.32 Å². The minimum absolute atomic E-state index is 0.271. The zero-order chi connectivity index (χ0) is 11.9. The van der Waals surface area contributed by atoms with Crippen LogP contribution in [0.3, 0.4) is 0 Å². The number of carbonyl (C=O) groups excluding carboxylic acids is 1. The van der Waals surface area contributed by atoms with Gasteiger partial charge in [-0.05, 0) is 19.4 Å². The van der Waals surface area contributed by atoms with Crippen LogP contribution in [0, 0.1) is 5.92 Å². The van der Waals surface area contributed by atoms with Gasteiger partial charge in [0.15, 0.2) is 0 Å². The molecule has 17 heavy (non-hydrogen) atoms. The number of thioether (sulfide) groups is 1. The van der Waals surface area contributed by atoms with Crippen molar-refractivity contribution in [2.45, 2.75) is 49.0 Å². The summed E-state index contributed by atoms with van der Waals surface area (Å²) in [6.07, 6.45) is 5.26. The highest BCUT2D eigenvalue weighted by Crippen LogP contribution is 2.52. The van der Waals surface area contributed by atoms with E-state index in [4.69, 9.17) is 10.5 Å². The lowest BCUT2D eigenvalue weighted by molar-refractivity contribution is -0.0704. The largest absolute Gasteiger partial charge is 0.441 e. The lowest BCUT2D eigenvalue weighted by atomic mass is 9.68. The molecule has 0 bridgehead atoms. The van der Waals surface area contributed by atoms with Gasteiger partial charge in [0, 0.05) is 24.1 Å². The van der Waals surface area contributed by atoms with Crippen LogP contribution in [0.2, 0.25) is 0 Å². The molecule has 2 unspecified atom stereocenters. The van der Waals surface area contributed by atoms with Crippen molar-refractivity contribution in [3.05, 3.63) is 0 Å². The Morgan fingerprint density at radius 1 is 1.41 bits per heavy atom. The molecular formula is C12H20N2O2S. The SMILES string of the molecule is NC(=O)OC1(C2CS2)CCN[C@@H]2CCCC[C@H]21. The average Bonchev–Trinajstić information content (AvgIpc) is 3.12. The summed E-state index contributed by atoms with van der Waals surface area (Å²) in [6.45, 7) is 0.950. The van der Waals surface area contributed by atoms with Crippen molar-refractivity contribution in [2.75, 3.05) is 12.3 Å². The summed E-state index contributed by atoms with van der Waals surface area (Å²) < 4.78 is 5.65. The third-order valence-electron chi connectivity index (χ3n) is 4.48. The maximum atomic E-state index is 11.2. The van der Waals surface area contributed by atoms with E-state index in [9.17, 15) is 4.79 Å². The van der Waals surface area contributed by atoms with Gasteiger partial charge in [-0.2, -0.15) is 11.8 Å². The number of nitrogens with two attached hydrogens (primary N) is 1. The third-order valence-corrected chi connectivity index (χ3v) is 5.55. The van der Waals surface area contributed by atoms with Crippen molar-refractivity contribution < 1.29 is 9.53 Å². The van der Waals surface area contributed by atoms with E-state index < -0.39 is 6.09 Å². The molecule has 0 aromatic rings. The Labute approximate surface area is 106 Å². The lowest BCUT2D eigenvalue weighted by Gasteiger charge is -2.49. The maximum absolute atomic E-state index is 11.2. The number of piperidine rings is 1. The van der Waals surface area contributed by atoms with Crippen LogP contribution in [-0.2, 0) is 4.74 Å². The number of amides is 1. The van der Waals surface area contributed by atoms with E-state index in [0.717, 1.165) is 18.7 Å². The molecule has 1 amide bonds. The minimum atomic E-state index is -0.594. The van der Waals surface area contributed by atoms with Gasteiger partial charge in [0.2, 0.25) is 0 Å². The van der Waals surface area contributed by atoms with E-state index in [0.29, 0.717) is 17.2 Å². The van der Waals surface area contributed by atoms with Gasteiger partial charge in [0.1, 0.15) is 5.60 Å². The molecule has 2 saturated heterocycles. The minimum Gasteiger partial charge on any atom is -0.441 e. The van der Waals surface area contributed by atoms with Crippen LogP contribution in [0.4, 0.5) is 4.79 Å². The number of hydrogen-bond donors (Lipinski definition) is 2. The smallest absolute Gasteiger partial charge is 0.405 e. The molecule has 3 fully saturated rings. The molecule has 96 valence electrons. The predicted molar refractivity (Wildman–Crippen MR) is 68.0 cm³/mol. The highest BCUT2D eigenvalue weighted by molar-refractivity contribution is 8.07. The molecule has 3 N–H and O–H groups in total. The second kappa shape index (κ2) is 4.35. The summed E-state index contributed by atoms with van der Waals surface area (Å²) in [5.74, 6) is 1.59. The number of fused-ring (bicyclic) bond motifs is 1. The van der Waals surface area contributed by atoms with Gasteiger partial charge in [-0.25, -0.2) is 4.79 Å². The molecule has 3 aliphatic rings. The highest BCUT2D eigenvalue weighted by atomic mass is 32.2. The van der Waals surface area contributed by atoms with Crippen LogP contribution < -0.4 is 11.1 Å². The Kier molecular flexibility index (Phi) is 2.99. The van der Waals surface area contributed by atoms with Crippen LogP contribution in [0.15, 0.2) is 0 Å². The fraction of sp³-hybridized carbons (Fsp3) is 0.917. The van der Waals surface area contributed by atoms with Crippen LogP contribution in [0.1, 0.15) is 32.1 Å².